The van der Waals surface area contributed by atoms with Crippen LogP contribution in [0, 0.1) is 5.92 Å². The topological polar surface area (TPSA) is 86.6 Å². The van der Waals surface area contributed by atoms with E-state index in [-0.39, 0.29) is 12.5 Å². The molecular weight excluding hydrogens is 234 g/mol. The predicted octanol–water partition coefficient (Wildman–Crippen LogP) is 1.02. The SMILES string of the molecule is CC(C)C(NC(=O)c1ccc(CO)cc1)C(=O)O. The summed E-state index contributed by atoms with van der Waals surface area (Å²) >= 11 is 0. The van der Waals surface area contributed by atoms with Crippen molar-refractivity contribution in [1.82, 2.24) is 5.32 Å². The number of nitrogens with one attached hydrogen (secondary N) is 1. The van der Waals surface area contributed by atoms with Gasteiger partial charge in [0, 0.05) is 5.56 Å². The molecule has 3 N–H and O–H groups in total. The van der Waals surface area contributed by atoms with E-state index < -0.39 is 17.9 Å². The second-order valence-corrected chi connectivity index (χ2v) is 4.39. The maximum Gasteiger partial charge on any atom is 0.326 e. The second-order valence-electron chi connectivity index (χ2n) is 4.39. The summed E-state index contributed by atoms with van der Waals surface area (Å²) in [6.45, 7) is 3.37. The highest BCUT2D eigenvalue weighted by Gasteiger charge is 2.23. The zero-order chi connectivity index (χ0) is 13.7. The van der Waals surface area contributed by atoms with Gasteiger partial charge in [-0.05, 0) is 23.6 Å². The van der Waals surface area contributed by atoms with E-state index in [0.29, 0.717) is 11.1 Å². The van der Waals surface area contributed by atoms with Crippen LogP contribution in [-0.4, -0.2) is 28.1 Å². The van der Waals surface area contributed by atoms with Crippen LogP contribution in [0.25, 0.3) is 0 Å². The first-order valence-electron chi connectivity index (χ1n) is 5.69. The Kier molecular flexibility index (Phi) is 4.85. The minimum atomic E-state index is -1.05. The molecule has 0 heterocycles. The van der Waals surface area contributed by atoms with Gasteiger partial charge in [-0.25, -0.2) is 4.79 Å². The fraction of sp³-hybridized carbons (Fsp3) is 0.385. The zero-order valence-corrected chi connectivity index (χ0v) is 10.4. The van der Waals surface area contributed by atoms with E-state index in [9.17, 15) is 9.59 Å². The van der Waals surface area contributed by atoms with Crippen LogP contribution in [0.2, 0.25) is 0 Å². The molecule has 0 aliphatic rings. The van der Waals surface area contributed by atoms with Crippen LogP contribution in [-0.2, 0) is 11.4 Å². The fourth-order valence-corrected chi connectivity index (χ4v) is 1.50. The van der Waals surface area contributed by atoms with E-state index in [1.54, 1.807) is 38.1 Å². The van der Waals surface area contributed by atoms with Crippen molar-refractivity contribution in [3.8, 4) is 0 Å². The molecule has 5 heteroatoms. The number of hydrogen-bond acceptors (Lipinski definition) is 3. The highest BCUT2D eigenvalue weighted by atomic mass is 16.4. The number of aliphatic carboxylic acids is 1. The summed E-state index contributed by atoms with van der Waals surface area (Å²) in [6.07, 6.45) is 0. The molecule has 0 saturated carbocycles. The largest absolute Gasteiger partial charge is 0.480 e. The third-order valence-corrected chi connectivity index (χ3v) is 2.62. The van der Waals surface area contributed by atoms with Crippen molar-refractivity contribution in [3.63, 3.8) is 0 Å². The number of aliphatic hydroxyl groups excluding tert-OH is 1. The van der Waals surface area contributed by atoms with Crippen LogP contribution in [0.4, 0.5) is 0 Å². The van der Waals surface area contributed by atoms with Gasteiger partial charge >= 0.3 is 5.97 Å². The Bertz CT molecular complexity index is 425. The molecule has 0 fully saturated rings. The molecule has 0 aliphatic carbocycles. The Morgan fingerprint density at radius 2 is 1.78 bits per heavy atom. The lowest BCUT2D eigenvalue weighted by molar-refractivity contribution is -0.140. The van der Waals surface area contributed by atoms with Crippen molar-refractivity contribution < 1.29 is 19.8 Å². The quantitative estimate of drug-likeness (QED) is 0.729. The molecular formula is C13H17NO4. The lowest BCUT2D eigenvalue weighted by Gasteiger charge is -2.17. The molecule has 0 aliphatic heterocycles. The minimum absolute atomic E-state index is 0.0916. The van der Waals surface area contributed by atoms with Gasteiger partial charge in [-0.1, -0.05) is 26.0 Å². The Morgan fingerprint density at radius 1 is 1.22 bits per heavy atom. The summed E-state index contributed by atoms with van der Waals surface area (Å²) in [5.74, 6) is -1.67. The summed E-state index contributed by atoms with van der Waals surface area (Å²) in [6, 6.07) is 5.45. The van der Waals surface area contributed by atoms with Crippen LogP contribution in [0.15, 0.2) is 24.3 Å². The lowest BCUT2D eigenvalue weighted by Crippen LogP contribution is -2.44. The van der Waals surface area contributed by atoms with Crippen LogP contribution < -0.4 is 5.32 Å². The number of carboxylic acids is 1. The molecule has 98 valence electrons. The molecule has 0 aromatic heterocycles. The summed E-state index contributed by atoms with van der Waals surface area (Å²) in [5, 5.41) is 20.3. The first kappa shape index (κ1) is 14.2. The van der Waals surface area contributed by atoms with E-state index in [2.05, 4.69) is 5.32 Å². The van der Waals surface area contributed by atoms with Gasteiger partial charge in [0.1, 0.15) is 6.04 Å². The van der Waals surface area contributed by atoms with Crippen molar-refractivity contribution in [2.24, 2.45) is 5.92 Å². The second kappa shape index (κ2) is 6.16. The average Bonchev–Trinajstić information content (AvgIpc) is 2.35. The summed E-state index contributed by atoms with van der Waals surface area (Å²) < 4.78 is 0. The monoisotopic (exact) mass is 251 g/mol. The van der Waals surface area contributed by atoms with Crippen molar-refractivity contribution in [2.45, 2.75) is 26.5 Å². The Labute approximate surface area is 105 Å². The van der Waals surface area contributed by atoms with Gasteiger partial charge in [-0.3, -0.25) is 4.79 Å². The molecule has 0 bridgehead atoms. The van der Waals surface area contributed by atoms with E-state index in [1.807, 2.05) is 0 Å². The third-order valence-electron chi connectivity index (χ3n) is 2.62. The third kappa shape index (κ3) is 3.56. The van der Waals surface area contributed by atoms with Crippen LogP contribution in [0.3, 0.4) is 0 Å². The normalized spacial score (nSPS) is 12.2. The molecule has 0 saturated heterocycles. The summed E-state index contributed by atoms with van der Waals surface area (Å²) in [5.41, 5.74) is 1.07. The van der Waals surface area contributed by atoms with Gasteiger partial charge in [0.05, 0.1) is 6.61 Å². The molecule has 1 unspecified atom stereocenters. The minimum Gasteiger partial charge on any atom is -0.480 e. The van der Waals surface area contributed by atoms with Crippen LogP contribution in [0.5, 0.6) is 0 Å². The number of carbonyl (C=O) groups excluding carboxylic acids is 1. The van der Waals surface area contributed by atoms with E-state index in [1.165, 1.54) is 0 Å². The Balaban J connectivity index is 2.77. The van der Waals surface area contributed by atoms with Gasteiger partial charge < -0.3 is 15.5 Å². The number of hydrogen-bond donors (Lipinski definition) is 3. The predicted molar refractivity (Wildman–Crippen MR) is 66.1 cm³/mol. The van der Waals surface area contributed by atoms with Crippen molar-refractivity contribution in [2.75, 3.05) is 0 Å². The van der Waals surface area contributed by atoms with Gasteiger partial charge in [-0.2, -0.15) is 0 Å². The first-order valence-corrected chi connectivity index (χ1v) is 5.69. The number of rotatable bonds is 5. The number of amides is 1. The molecule has 1 aromatic rings. The maximum absolute atomic E-state index is 11.8. The number of aliphatic hydroxyl groups is 1. The maximum atomic E-state index is 11.8. The van der Waals surface area contributed by atoms with E-state index in [0.717, 1.165) is 0 Å². The molecule has 1 amide bonds. The number of carboxylic acid groups (broad SMARTS) is 1. The molecule has 5 nitrogen and oxygen atoms in total. The Morgan fingerprint density at radius 3 is 2.17 bits per heavy atom. The van der Waals surface area contributed by atoms with Gasteiger partial charge in [0.2, 0.25) is 0 Å². The van der Waals surface area contributed by atoms with Gasteiger partial charge in [0.25, 0.3) is 5.91 Å². The highest BCUT2D eigenvalue weighted by molar-refractivity contribution is 5.96. The van der Waals surface area contributed by atoms with E-state index >= 15 is 0 Å². The van der Waals surface area contributed by atoms with Crippen LogP contribution >= 0.6 is 0 Å². The smallest absolute Gasteiger partial charge is 0.326 e. The van der Waals surface area contributed by atoms with Crippen molar-refractivity contribution in [3.05, 3.63) is 35.4 Å². The highest BCUT2D eigenvalue weighted by Crippen LogP contribution is 2.07. The lowest BCUT2D eigenvalue weighted by atomic mass is 10.0. The number of carbonyl (C=O) groups is 2. The van der Waals surface area contributed by atoms with Crippen LogP contribution in [0.1, 0.15) is 29.8 Å². The first-order chi connectivity index (χ1) is 8.45. The molecule has 1 rings (SSSR count). The molecule has 0 radical (unpaired) electrons. The van der Waals surface area contributed by atoms with Crippen molar-refractivity contribution >= 4 is 11.9 Å². The summed E-state index contributed by atoms with van der Waals surface area (Å²) in [4.78, 5) is 22.8. The van der Waals surface area contributed by atoms with Crippen molar-refractivity contribution in [1.29, 1.82) is 0 Å². The summed E-state index contributed by atoms with van der Waals surface area (Å²) in [7, 11) is 0. The fourth-order valence-electron chi connectivity index (χ4n) is 1.50. The molecule has 18 heavy (non-hydrogen) atoms. The van der Waals surface area contributed by atoms with Gasteiger partial charge in [0.15, 0.2) is 0 Å². The molecule has 0 spiro atoms. The number of benzene rings is 1. The standard InChI is InChI=1S/C13H17NO4/c1-8(2)11(13(17)18)14-12(16)10-5-3-9(7-15)4-6-10/h3-6,8,11,15H,7H2,1-2H3,(H,14,16)(H,17,18). The zero-order valence-electron chi connectivity index (χ0n) is 10.4. The Hall–Kier alpha value is -1.88. The van der Waals surface area contributed by atoms with Gasteiger partial charge in [-0.15, -0.1) is 0 Å². The average molecular weight is 251 g/mol. The van der Waals surface area contributed by atoms with E-state index in [4.69, 9.17) is 10.2 Å². The molecule has 1 aromatic carbocycles. The molecule has 1 atom stereocenters.